The van der Waals surface area contributed by atoms with Crippen molar-refractivity contribution >= 4 is 9.84 Å². The summed E-state index contributed by atoms with van der Waals surface area (Å²) >= 11 is 0. The molecule has 3 nitrogen and oxygen atoms in total. The van der Waals surface area contributed by atoms with Gasteiger partial charge in [0.25, 0.3) is 0 Å². The zero-order chi connectivity index (χ0) is 15.4. The number of hydrogen-bond donors (Lipinski definition) is 1. The van der Waals surface area contributed by atoms with E-state index in [0.717, 1.165) is 25.4 Å². The summed E-state index contributed by atoms with van der Waals surface area (Å²) < 4.78 is 22.9. The summed E-state index contributed by atoms with van der Waals surface area (Å²) in [6.45, 7) is 11.1. The summed E-state index contributed by atoms with van der Waals surface area (Å²) in [6, 6.07) is 0. The first kappa shape index (κ1) is 18.0. The van der Waals surface area contributed by atoms with Gasteiger partial charge >= 0.3 is 0 Å². The van der Waals surface area contributed by atoms with Crippen molar-refractivity contribution in [3.05, 3.63) is 0 Å². The largest absolute Gasteiger partial charge is 0.317 e. The molecule has 1 saturated carbocycles. The first-order chi connectivity index (χ1) is 9.13. The second-order valence-electron chi connectivity index (χ2n) is 7.62. The zero-order valence-corrected chi connectivity index (χ0v) is 14.7. The van der Waals surface area contributed by atoms with Crippen molar-refractivity contribution in [3.63, 3.8) is 0 Å². The quantitative estimate of drug-likeness (QED) is 0.820. The van der Waals surface area contributed by atoms with Gasteiger partial charge in [-0.15, -0.1) is 0 Å². The molecule has 0 aliphatic heterocycles. The molecule has 0 saturated heterocycles. The maximum absolute atomic E-state index is 11.5. The molecule has 3 unspecified atom stereocenters. The fourth-order valence-electron chi connectivity index (χ4n) is 3.43. The highest BCUT2D eigenvalue weighted by Crippen LogP contribution is 2.43. The van der Waals surface area contributed by atoms with E-state index in [0.29, 0.717) is 23.0 Å². The number of rotatable bonds is 6. The van der Waals surface area contributed by atoms with Crippen molar-refractivity contribution in [1.82, 2.24) is 5.32 Å². The van der Waals surface area contributed by atoms with Crippen LogP contribution in [0.25, 0.3) is 0 Å². The summed E-state index contributed by atoms with van der Waals surface area (Å²) in [5.41, 5.74) is 0.340. The van der Waals surface area contributed by atoms with E-state index < -0.39 is 9.84 Å². The monoisotopic (exact) mass is 303 g/mol. The maximum Gasteiger partial charge on any atom is 0.147 e. The molecule has 0 aromatic carbocycles. The summed E-state index contributed by atoms with van der Waals surface area (Å²) in [5, 5.41) is 3.45. The van der Waals surface area contributed by atoms with E-state index in [1.165, 1.54) is 25.5 Å². The lowest BCUT2D eigenvalue weighted by Crippen LogP contribution is -2.37. The second kappa shape index (κ2) is 7.26. The van der Waals surface area contributed by atoms with E-state index in [1.54, 1.807) is 0 Å². The third kappa shape index (κ3) is 6.13. The Kier molecular flexibility index (Phi) is 6.52. The van der Waals surface area contributed by atoms with Crippen LogP contribution in [0.5, 0.6) is 0 Å². The minimum absolute atomic E-state index is 0.340. The third-order valence-corrected chi connectivity index (χ3v) is 5.86. The molecule has 1 N–H and O–H groups in total. The Balaban J connectivity index is 2.67. The van der Waals surface area contributed by atoms with Gasteiger partial charge in [0.1, 0.15) is 9.84 Å². The molecule has 0 radical (unpaired) electrons. The minimum Gasteiger partial charge on any atom is -0.317 e. The molecule has 0 aromatic heterocycles. The molecule has 0 spiro atoms. The fraction of sp³-hybridized carbons (Fsp3) is 1.00. The summed E-state index contributed by atoms with van der Waals surface area (Å²) in [4.78, 5) is 0. The van der Waals surface area contributed by atoms with Crippen LogP contribution in [0.1, 0.15) is 53.4 Å². The van der Waals surface area contributed by atoms with Gasteiger partial charge in [-0.3, -0.25) is 0 Å². The molecule has 120 valence electrons. The van der Waals surface area contributed by atoms with Crippen molar-refractivity contribution in [2.24, 2.45) is 23.2 Å². The van der Waals surface area contributed by atoms with Crippen LogP contribution in [0.15, 0.2) is 0 Å². The van der Waals surface area contributed by atoms with Gasteiger partial charge in [0.15, 0.2) is 0 Å². The second-order valence-corrected chi connectivity index (χ2v) is 9.88. The number of nitrogens with one attached hydrogen (secondary N) is 1. The molecule has 20 heavy (non-hydrogen) atoms. The SMILES string of the molecule is CCNCC1CCC(C(C)(C)C)CC1CCS(C)(=O)=O. The average Bonchev–Trinajstić information content (AvgIpc) is 2.32. The van der Waals surface area contributed by atoms with Gasteiger partial charge < -0.3 is 5.32 Å². The molecule has 0 heterocycles. The molecule has 0 amide bonds. The number of hydrogen-bond acceptors (Lipinski definition) is 3. The highest BCUT2D eigenvalue weighted by atomic mass is 32.2. The van der Waals surface area contributed by atoms with Gasteiger partial charge in [-0.25, -0.2) is 8.42 Å². The van der Waals surface area contributed by atoms with Gasteiger partial charge in [-0.1, -0.05) is 27.7 Å². The van der Waals surface area contributed by atoms with Gasteiger partial charge in [0.05, 0.1) is 5.75 Å². The van der Waals surface area contributed by atoms with Crippen molar-refractivity contribution in [2.45, 2.75) is 53.4 Å². The highest BCUT2D eigenvalue weighted by molar-refractivity contribution is 7.90. The molecule has 0 aromatic rings. The lowest BCUT2D eigenvalue weighted by molar-refractivity contribution is 0.0957. The van der Waals surface area contributed by atoms with Gasteiger partial charge in [-0.05, 0) is 61.9 Å². The van der Waals surface area contributed by atoms with Crippen molar-refractivity contribution < 1.29 is 8.42 Å². The van der Waals surface area contributed by atoms with Crippen LogP contribution in [0.4, 0.5) is 0 Å². The molecule has 1 aliphatic carbocycles. The molecule has 1 aliphatic rings. The van der Waals surface area contributed by atoms with Crippen LogP contribution in [0.3, 0.4) is 0 Å². The van der Waals surface area contributed by atoms with Crippen LogP contribution in [-0.2, 0) is 9.84 Å². The van der Waals surface area contributed by atoms with E-state index in [1.807, 2.05) is 0 Å². The predicted molar refractivity (Wildman–Crippen MR) is 86.6 cm³/mol. The van der Waals surface area contributed by atoms with Gasteiger partial charge in [0, 0.05) is 6.26 Å². The first-order valence-electron chi connectivity index (χ1n) is 8.02. The third-order valence-electron chi connectivity index (χ3n) is 4.88. The van der Waals surface area contributed by atoms with E-state index in [-0.39, 0.29) is 0 Å². The Bertz CT molecular complexity index is 384. The molecule has 0 bridgehead atoms. The maximum atomic E-state index is 11.5. The predicted octanol–water partition coefficient (Wildman–Crippen LogP) is 3.11. The van der Waals surface area contributed by atoms with Crippen LogP contribution in [-0.4, -0.2) is 33.5 Å². The lowest BCUT2D eigenvalue weighted by Gasteiger charge is -2.42. The molecular weight excluding hydrogens is 270 g/mol. The van der Waals surface area contributed by atoms with Crippen molar-refractivity contribution in [2.75, 3.05) is 25.1 Å². The Morgan fingerprint density at radius 1 is 1.15 bits per heavy atom. The Hall–Kier alpha value is -0.0900. The topological polar surface area (TPSA) is 46.2 Å². The normalized spacial score (nSPS) is 28.6. The van der Waals surface area contributed by atoms with Crippen molar-refractivity contribution in [3.8, 4) is 0 Å². The molecule has 1 rings (SSSR count). The molecule has 3 atom stereocenters. The number of sulfone groups is 1. The zero-order valence-electron chi connectivity index (χ0n) is 13.9. The van der Waals surface area contributed by atoms with Crippen LogP contribution in [0.2, 0.25) is 0 Å². The van der Waals surface area contributed by atoms with Crippen LogP contribution < -0.4 is 5.32 Å². The Morgan fingerprint density at radius 3 is 2.30 bits per heavy atom. The minimum atomic E-state index is -2.84. The first-order valence-corrected chi connectivity index (χ1v) is 10.1. The molecular formula is C16H33NO2S. The van der Waals surface area contributed by atoms with E-state index in [9.17, 15) is 8.42 Å². The highest BCUT2D eigenvalue weighted by Gasteiger charge is 2.35. The average molecular weight is 304 g/mol. The molecule has 4 heteroatoms. The van der Waals surface area contributed by atoms with E-state index in [2.05, 4.69) is 33.0 Å². The molecule has 1 fully saturated rings. The summed E-state index contributed by atoms with van der Waals surface area (Å²) in [7, 11) is -2.84. The Morgan fingerprint density at radius 2 is 1.80 bits per heavy atom. The Labute approximate surface area is 125 Å². The van der Waals surface area contributed by atoms with Crippen LogP contribution >= 0.6 is 0 Å². The van der Waals surface area contributed by atoms with E-state index in [4.69, 9.17) is 0 Å². The lowest BCUT2D eigenvalue weighted by atomic mass is 9.65. The van der Waals surface area contributed by atoms with Gasteiger partial charge in [-0.2, -0.15) is 0 Å². The van der Waals surface area contributed by atoms with Crippen molar-refractivity contribution in [1.29, 1.82) is 0 Å². The van der Waals surface area contributed by atoms with Crippen LogP contribution in [0, 0.1) is 23.2 Å². The summed E-state index contributed by atoms with van der Waals surface area (Å²) in [6.07, 6.45) is 5.91. The van der Waals surface area contributed by atoms with E-state index >= 15 is 0 Å². The summed E-state index contributed by atoms with van der Waals surface area (Å²) in [5.74, 6) is 2.28. The fourth-order valence-corrected chi connectivity index (χ4v) is 4.16. The smallest absolute Gasteiger partial charge is 0.147 e. The van der Waals surface area contributed by atoms with Gasteiger partial charge in [0.2, 0.25) is 0 Å². The standard InChI is InChI=1S/C16H33NO2S/c1-6-17-12-14-7-8-15(16(2,3)4)11-13(14)9-10-20(5,18)19/h13-15,17H,6-12H2,1-5H3.